The lowest BCUT2D eigenvalue weighted by Crippen LogP contribution is -2.30. The smallest absolute Gasteiger partial charge is 0.248 e. The van der Waals surface area contributed by atoms with Gasteiger partial charge in [-0.2, -0.15) is 5.10 Å². The molecule has 1 aliphatic heterocycles. The van der Waals surface area contributed by atoms with Gasteiger partial charge in [0.05, 0.1) is 18.3 Å². The Morgan fingerprint density at radius 1 is 1.50 bits per heavy atom. The minimum atomic E-state index is -0.394. The molecule has 0 bridgehead atoms. The zero-order chi connectivity index (χ0) is 16.5. The van der Waals surface area contributed by atoms with Gasteiger partial charge in [0.2, 0.25) is 5.91 Å². The summed E-state index contributed by atoms with van der Waals surface area (Å²) in [6.07, 6.45) is 10.3. The van der Waals surface area contributed by atoms with Crippen LogP contribution in [-0.2, 0) is 4.79 Å². The number of primary amides is 1. The van der Waals surface area contributed by atoms with Crippen molar-refractivity contribution in [2.24, 2.45) is 21.7 Å². The Hall–Kier alpha value is -2.17. The third kappa shape index (κ3) is 4.69. The van der Waals surface area contributed by atoms with Crippen molar-refractivity contribution in [2.45, 2.75) is 40.2 Å². The highest BCUT2D eigenvalue weighted by atomic mass is 16.1. The molecule has 0 aromatic carbocycles. The summed E-state index contributed by atoms with van der Waals surface area (Å²) in [4.78, 5) is 15.4. The van der Waals surface area contributed by atoms with Crippen molar-refractivity contribution < 1.29 is 4.79 Å². The number of hydrazone groups is 1. The first-order valence-electron chi connectivity index (χ1n) is 7.73. The summed E-state index contributed by atoms with van der Waals surface area (Å²) in [7, 11) is 0. The Bertz CT molecular complexity index is 541. The van der Waals surface area contributed by atoms with Crippen molar-refractivity contribution in [1.82, 2.24) is 5.43 Å². The standard InChI is InChI=1S/C15H20N4O.C2H6/c1-3-17-9-10(2)4-6-13-12-8-11(15(16)20)5-7-14(12)19-18-13;1-2/h3-5,7-8,12,14,19H,6,9H2,1-2H3,(H2,16,20);1-2H3/b10-4-,17-3?;. The first kappa shape index (κ1) is 17.9. The lowest BCUT2D eigenvalue weighted by Gasteiger charge is -2.18. The van der Waals surface area contributed by atoms with Crippen LogP contribution in [0.5, 0.6) is 0 Å². The van der Waals surface area contributed by atoms with Crippen LogP contribution < -0.4 is 11.2 Å². The number of rotatable bonds is 5. The molecular weight excluding hydrogens is 276 g/mol. The minimum Gasteiger partial charge on any atom is -0.366 e. The number of hydrogen-bond donors (Lipinski definition) is 2. The quantitative estimate of drug-likeness (QED) is 0.604. The van der Waals surface area contributed by atoms with E-state index in [1.54, 1.807) is 12.3 Å². The van der Waals surface area contributed by atoms with Gasteiger partial charge < -0.3 is 11.2 Å². The van der Waals surface area contributed by atoms with Crippen LogP contribution in [0.4, 0.5) is 0 Å². The highest BCUT2D eigenvalue weighted by molar-refractivity contribution is 5.98. The molecule has 0 aromatic heterocycles. The van der Waals surface area contributed by atoms with Crippen LogP contribution in [-0.4, -0.2) is 30.4 Å². The second kappa shape index (κ2) is 8.97. The Morgan fingerprint density at radius 2 is 2.23 bits per heavy atom. The molecule has 2 atom stereocenters. The number of amides is 1. The normalized spacial score (nSPS) is 23.2. The van der Waals surface area contributed by atoms with E-state index in [1.165, 1.54) is 5.57 Å². The van der Waals surface area contributed by atoms with E-state index in [0.29, 0.717) is 12.1 Å². The molecule has 1 amide bonds. The van der Waals surface area contributed by atoms with E-state index in [4.69, 9.17) is 5.73 Å². The van der Waals surface area contributed by atoms with Crippen molar-refractivity contribution in [3.8, 4) is 0 Å². The third-order valence-electron chi connectivity index (χ3n) is 3.44. The number of hydrogen-bond acceptors (Lipinski definition) is 4. The molecule has 2 aliphatic rings. The topological polar surface area (TPSA) is 79.8 Å². The van der Waals surface area contributed by atoms with Crippen molar-refractivity contribution >= 4 is 17.8 Å². The van der Waals surface area contributed by atoms with Gasteiger partial charge >= 0.3 is 0 Å². The summed E-state index contributed by atoms with van der Waals surface area (Å²) in [6.45, 7) is 8.68. The van der Waals surface area contributed by atoms with Gasteiger partial charge in [-0.3, -0.25) is 9.79 Å². The molecule has 0 saturated carbocycles. The highest BCUT2D eigenvalue weighted by Crippen LogP contribution is 2.24. The number of fused-ring (bicyclic) bond motifs is 1. The van der Waals surface area contributed by atoms with Crippen molar-refractivity contribution in [1.29, 1.82) is 0 Å². The first-order valence-corrected chi connectivity index (χ1v) is 7.73. The zero-order valence-corrected chi connectivity index (χ0v) is 13.8. The van der Waals surface area contributed by atoms with Gasteiger partial charge in [0, 0.05) is 17.9 Å². The van der Waals surface area contributed by atoms with Gasteiger partial charge in [0.15, 0.2) is 0 Å². The van der Waals surface area contributed by atoms with Gasteiger partial charge in [-0.25, -0.2) is 0 Å². The Balaban J connectivity index is 0.00000116. The number of nitrogens with two attached hydrogens (primary N) is 1. The monoisotopic (exact) mass is 302 g/mol. The van der Waals surface area contributed by atoms with Crippen LogP contribution in [0.2, 0.25) is 0 Å². The molecule has 0 spiro atoms. The molecular formula is C17H26N4O. The van der Waals surface area contributed by atoms with E-state index in [2.05, 4.69) is 28.5 Å². The molecule has 1 heterocycles. The van der Waals surface area contributed by atoms with Crippen LogP contribution in [0.1, 0.15) is 34.1 Å². The molecule has 0 aromatic rings. The van der Waals surface area contributed by atoms with E-state index in [9.17, 15) is 4.79 Å². The molecule has 22 heavy (non-hydrogen) atoms. The molecule has 0 fully saturated rings. The maximum atomic E-state index is 11.2. The van der Waals surface area contributed by atoms with Gasteiger partial charge in [-0.15, -0.1) is 0 Å². The van der Waals surface area contributed by atoms with E-state index in [-0.39, 0.29) is 12.0 Å². The molecule has 0 saturated heterocycles. The minimum absolute atomic E-state index is 0.112. The average Bonchev–Trinajstić information content (AvgIpc) is 2.95. The maximum Gasteiger partial charge on any atom is 0.248 e. The van der Waals surface area contributed by atoms with Gasteiger partial charge in [0.1, 0.15) is 0 Å². The number of allylic oxidation sites excluding steroid dienone is 1. The summed E-state index contributed by atoms with van der Waals surface area (Å²) < 4.78 is 0. The number of carbonyl (C=O) groups is 1. The Kier molecular flexibility index (Phi) is 7.29. The predicted octanol–water partition coefficient (Wildman–Crippen LogP) is 2.37. The molecule has 2 unspecified atom stereocenters. The van der Waals surface area contributed by atoms with Crippen LogP contribution in [0, 0.1) is 5.92 Å². The van der Waals surface area contributed by atoms with E-state index >= 15 is 0 Å². The van der Waals surface area contributed by atoms with E-state index in [0.717, 1.165) is 12.1 Å². The van der Waals surface area contributed by atoms with Crippen molar-refractivity contribution in [2.75, 3.05) is 6.54 Å². The van der Waals surface area contributed by atoms with Crippen LogP contribution in [0.15, 0.2) is 45.5 Å². The summed E-state index contributed by atoms with van der Waals surface area (Å²) >= 11 is 0. The average molecular weight is 302 g/mol. The molecule has 1 aliphatic carbocycles. The zero-order valence-electron chi connectivity index (χ0n) is 13.8. The summed E-state index contributed by atoms with van der Waals surface area (Å²) in [5, 5.41) is 4.36. The number of nitrogens with one attached hydrogen (secondary N) is 1. The highest BCUT2D eigenvalue weighted by Gasteiger charge is 2.30. The lowest BCUT2D eigenvalue weighted by atomic mass is 9.87. The number of aliphatic imine (C=N–C) groups is 1. The van der Waals surface area contributed by atoms with E-state index in [1.807, 2.05) is 32.9 Å². The summed E-state index contributed by atoms with van der Waals surface area (Å²) in [5.41, 5.74) is 11.2. The molecule has 2 rings (SSSR count). The molecule has 3 N–H and O–H groups in total. The van der Waals surface area contributed by atoms with Crippen LogP contribution >= 0.6 is 0 Å². The SMILES string of the molecule is CC.CC=NC/C(C)=C\CC1=NNC2C=CC(C(N)=O)=CC12. The molecule has 120 valence electrons. The Morgan fingerprint density at radius 3 is 2.86 bits per heavy atom. The third-order valence-corrected chi connectivity index (χ3v) is 3.44. The van der Waals surface area contributed by atoms with Gasteiger partial charge in [-0.05, 0) is 20.1 Å². The van der Waals surface area contributed by atoms with Crippen LogP contribution in [0.3, 0.4) is 0 Å². The molecule has 5 heteroatoms. The summed E-state index contributed by atoms with van der Waals surface area (Å²) in [5.74, 6) is -0.281. The van der Waals surface area contributed by atoms with Crippen LogP contribution in [0.25, 0.3) is 0 Å². The van der Waals surface area contributed by atoms with Crippen molar-refractivity contribution in [3.05, 3.63) is 35.5 Å². The number of carbonyl (C=O) groups excluding carboxylic acids is 1. The fourth-order valence-corrected chi connectivity index (χ4v) is 2.26. The van der Waals surface area contributed by atoms with Crippen molar-refractivity contribution in [3.63, 3.8) is 0 Å². The maximum absolute atomic E-state index is 11.2. The molecule has 0 radical (unpaired) electrons. The van der Waals surface area contributed by atoms with E-state index < -0.39 is 5.91 Å². The molecule has 5 nitrogen and oxygen atoms in total. The summed E-state index contributed by atoms with van der Waals surface area (Å²) in [6, 6.07) is 0.135. The number of nitrogens with zero attached hydrogens (tertiary/aromatic N) is 2. The second-order valence-electron chi connectivity index (χ2n) is 4.98. The van der Waals surface area contributed by atoms with Gasteiger partial charge in [0.25, 0.3) is 0 Å². The second-order valence-corrected chi connectivity index (χ2v) is 4.98. The Labute approximate surface area is 132 Å². The predicted molar refractivity (Wildman–Crippen MR) is 93.0 cm³/mol. The first-order chi connectivity index (χ1) is 10.6. The fraction of sp³-hybridized carbons (Fsp3) is 0.471. The van der Waals surface area contributed by atoms with Gasteiger partial charge in [-0.1, -0.05) is 43.7 Å². The fourth-order valence-electron chi connectivity index (χ4n) is 2.26. The largest absolute Gasteiger partial charge is 0.366 e. The lowest BCUT2D eigenvalue weighted by molar-refractivity contribution is -0.114.